The first-order chi connectivity index (χ1) is 5.24. The molecular weight excluding hydrogens is 145 g/mol. The van der Waals surface area contributed by atoms with Gasteiger partial charge in [-0.25, -0.2) is 4.39 Å². The Labute approximate surface area is 66.4 Å². The average molecular weight is 159 g/mol. The Morgan fingerprint density at radius 2 is 2.45 bits per heavy atom. The fourth-order valence-electron chi connectivity index (χ4n) is 1.50. The van der Waals surface area contributed by atoms with Crippen LogP contribution in [-0.4, -0.2) is 30.6 Å². The van der Waals surface area contributed by atoms with E-state index in [-0.39, 0.29) is 5.91 Å². The highest BCUT2D eigenvalue weighted by Gasteiger charge is 2.19. The van der Waals surface area contributed by atoms with Gasteiger partial charge in [0, 0.05) is 13.1 Å². The van der Waals surface area contributed by atoms with Gasteiger partial charge in [-0.1, -0.05) is 6.92 Å². The molecule has 1 aliphatic heterocycles. The minimum atomic E-state index is -0.841. The van der Waals surface area contributed by atoms with Gasteiger partial charge in [-0.3, -0.25) is 4.79 Å². The Kier molecular flexibility index (Phi) is 2.85. The summed E-state index contributed by atoms with van der Waals surface area (Å²) >= 11 is 0. The number of likely N-dealkylation sites (tertiary alicyclic amines) is 1. The maximum Gasteiger partial charge on any atom is 0.253 e. The number of hydrogen-bond donors (Lipinski definition) is 0. The smallest absolute Gasteiger partial charge is 0.253 e. The van der Waals surface area contributed by atoms with Crippen LogP contribution in [0.1, 0.15) is 19.8 Å². The third kappa shape index (κ3) is 2.17. The first-order valence-corrected chi connectivity index (χ1v) is 4.07. The fourth-order valence-corrected chi connectivity index (χ4v) is 1.50. The second-order valence-electron chi connectivity index (χ2n) is 3.22. The van der Waals surface area contributed by atoms with Gasteiger partial charge in [0.15, 0.2) is 6.67 Å². The second-order valence-corrected chi connectivity index (χ2v) is 3.22. The van der Waals surface area contributed by atoms with E-state index >= 15 is 0 Å². The molecule has 1 saturated heterocycles. The zero-order valence-corrected chi connectivity index (χ0v) is 6.85. The zero-order valence-electron chi connectivity index (χ0n) is 6.85. The van der Waals surface area contributed by atoms with Gasteiger partial charge in [0.1, 0.15) is 0 Å². The SMILES string of the molecule is C[C@@H]1CCCN(C(=O)CF)C1. The summed E-state index contributed by atoms with van der Waals surface area (Å²) in [5.41, 5.74) is 0. The molecule has 0 aromatic rings. The van der Waals surface area contributed by atoms with Crippen LogP contribution < -0.4 is 0 Å². The van der Waals surface area contributed by atoms with Crippen molar-refractivity contribution < 1.29 is 9.18 Å². The predicted octanol–water partition coefficient (Wildman–Crippen LogP) is 1.21. The van der Waals surface area contributed by atoms with Crippen LogP contribution in [0.5, 0.6) is 0 Å². The molecule has 0 saturated carbocycles. The molecule has 1 rings (SSSR count). The molecule has 0 N–H and O–H groups in total. The largest absolute Gasteiger partial charge is 0.340 e. The van der Waals surface area contributed by atoms with Crippen molar-refractivity contribution in [3.05, 3.63) is 0 Å². The molecular formula is C8H14FNO. The minimum Gasteiger partial charge on any atom is -0.340 e. The molecule has 1 heterocycles. The molecule has 0 spiro atoms. The van der Waals surface area contributed by atoms with E-state index in [0.29, 0.717) is 5.92 Å². The predicted molar refractivity (Wildman–Crippen MR) is 41.0 cm³/mol. The lowest BCUT2D eigenvalue weighted by Gasteiger charge is -2.30. The first kappa shape index (κ1) is 8.50. The Hall–Kier alpha value is -0.600. The van der Waals surface area contributed by atoms with Gasteiger partial charge in [-0.05, 0) is 18.8 Å². The normalized spacial score (nSPS) is 25.3. The van der Waals surface area contributed by atoms with Gasteiger partial charge in [0.05, 0.1) is 0 Å². The molecule has 1 fully saturated rings. The molecule has 3 heteroatoms. The maximum absolute atomic E-state index is 11.9. The molecule has 2 nitrogen and oxygen atoms in total. The van der Waals surface area contributed by atoms with Crippen LogP contribution in [-0.2, 0) is 4.79 Å². The van der Waals surface area contributed by atoms with Crippen molar-refractivity contribution in [1.82, 2.24) is 4.90 Å². The number of carbonyl (C=O) groups excluding carboxylic acids is 1. The molecule has 0 aliphatic carbocycles. The van der Waals surface area contributed by atoms with Gasteiger partial charge in [-0.2, -0.15) is 0 Å². The van der Waals surface area contributed by atoms with Gasteiger partial charge in [0.2, 0.25) is 0 Å². The topological polar surface area (TPSA) is 20.3 Å². The fraction of sp³-hybridized carbons (Fsp3) is 0.875. The van der Waals surface area contributed by atoms with Crippen LogP contribution >= 0.6 is 0 Å². The maximum atomic E-state index is 11.9. The number of rotatable bonds is 1. The summed E-state index contributed by atoms with van der Waals surface area (Å²) in [6.07, 6.45) is 2.18. The summed E-state index contributed by atoms with van der Waals surface area (Å²) in [4.78, 5) is 12.5. The molecule has 64 valence electrons. The third-order valence-corrected chi connectivity index (χ3v) is 2.12. The van der Waals surface area contributed by atoms with E-state index in [4.69, 9.17) is 0 Å². The lowest BCUT2D eigenvalue weighted by molar-refractivity contribution is -0.133. The summed E-state index contributed by atoms with van der Waals surface area (Å²) < 4.78 is 11.9. The Balaban J connectivity index is 2.39. The number of halogens is 1. The van der Waals surface area contributed by atoms with Crippen LogP contribution in [0.25, 0.3) is 0 Å². The molecule has 0 bridgehead atoms. The highest BCUT2D eigenvalue weighted by atomic mass is 19.1. The standard InChI is InChI=1S/C8H14FNO/c1-7-3-2-4-10(6-7)8(11)5-9/h7H,2-6H2,1H3/t7-/m1/s1. The van der Waals surface area contributed by atoms with Gasteiger partial charge >= 0.3 is 0 Å². The van der Waals surface area contributed by atoms with E-state index in [1.165, 1.54) is 0 Å². The Morgan fingerprint density at radius 1 is 1.73 bits per heavy atom. The van der Waals surface area contributed by atoms with Gasteiger partial charge in [-0.15, -0.1) is 0 Å². The third-order valence-electron chi connectivity index (χ3n) is 2.12. The first-order valence-electron chi connectivity index (χ1n) is 4.07. The molecule has 1 aliphatic rings. The molecule has 0 aromatic heterocycles. The number of carbonyl (C=O) groups is 1. The van der Waals surface area contributed by atoms with Crippen LogP contribution in [0, 0.1) is 5.92 Å². The van der Waals surface area contributed by atoms with Crippen LogP contribution in [0.15, 0.2) is 0 Å². The monoisotopic (exact) mass is 159 g/mol. The van der Waals surface area contributed by atoms with E-state index < -0.39 is 6.67 Å². The highest BCUT2D eigenvalue weighted by Crippen LogP contribution is 2.15. The number of hydrogen-bond acceptors (Lipinski definition) is 1. The van der Waals surface area contributed by atoms with E-state index in [1.54, 1.807) is 4.90 Å². The Morgan fingerprint density at radius 3 is 3.00 bits per heavy atom. The molecule has 0 radical (unpaired) electrons. The molecule has 0 unspecified atom stereocenters. The number of nitrogens with zero attached hydrogens (tertiary/aromatic N) is 1. The lowest BCUT2D eigenvalue weighted by Crippen LogP contribution is -2.39. The van der Waals surface area contributed by atoms with Crippen LogP contribution in [0.3, 0.4) is 0 Å². The summed E-state index contributed by atoms with van der Waals surface area (Å²) in [5, 5.41) is 0. The number of alkyl halides is 1. The summed E-state index contributed by atoms with van der Waals surface area (Å²) in [5.74, 6) is 0.191. The molecule has 1 atom stereocenters. The molecule has 0 aromatic carbocycles. The van der Waals surface area contributed by atoms with Crippen molar-refractivity contribution in [2.45, 2.75) is 19.8 Å². The number of piperidine rings is 1. The van der Waals surface area contributed by atoms with E-state index in [1.807, 2.05) is 0 Å². The van der Waals surface area contributed by atoms with Crippen molar-refractivity contribution in [2.75, 3.05) is 19.8 Å². The minimum absolute atomic E-state index is 0.350. The van der Waals surface area contributed by atoms with Gasteiger partial charge in [0.25, 0.3) is 5.91 Å². The van der Waals surface area contributed by atoms with E-state index in [9.17, 15) is 9.18 Å². The van der Waals surface area contributed by atoms with Crippen molar-refractivity contribution in [3.63, 3.8) is 0 Å². The number of amides is 1. The van der Waals surface area contributed by atoms with Crippen molar-refractivity contribution in [2.24, 2.45) is 5.92 Å². The second kappa shape index (κ2) is 3.69. The van der Waals surface area contributed by atoms with E-state index in [0.717, 1.165) is 25.9 Å². The van der Waals surface area contributed by atoms with Crippen molar-refractivity contribution in [3.8, 4) is 0 Å². The van der Waals surface area contributed by atoms with E-state index in [2.05, 4.69) is 6.92 Å². The zero-order chi connectivity index (χ0) is 8.27. The van der Waals surface area contributed by atoms with Crippen molar-refractivity contribution in [1.29, 1.82) is 0 Å². The molecule has 11 heavy (non-hydrogen) atoms. The van der Waals surface area contributed by atoms with Crippen LogP contribution in [0.4, 0.5) is 4.39 Å². The summed E-state index contributed by atoms with van der Waals surface area (Å²) in [6, 6.07) is 0. The average Bonchev–Trinajstić information content (AvgIpc) is 2.03. The summed E-state index contributed by atoms with van der Waals surface area (Å²) in [7, 11) is 0. The van der Waals surface area contributed by atoms with Gasteiger partial charge < -0.3 is 4.90 Å². The summed E-state index contributed by atoms with van der Waals surface area (Å²) in [6.45, 7) is 2.74. The quantitative estimate of drug-likeness (QED) is 0.563. The molecule has 1 amide bonds. The van der Waals surface area contributed by atoms with Crippen LogP contribution in [0.2, 0.25) is 0 Å². The highest BCUT2D eigenvalue weighted by molar-refractivity contribution is 5.77. The lowest BCUT2D eigenvalue weighted by atomic mass is 10.0. The Bertz CT molecular complexity index is 149. The van der Waals surface area contributed by atoms with Crippen molar-refractivity contribution >= 4 is 5.91 Å².